The van der Waals surface area contributed by atoms with E-state index >= 15 is 0 Å². The average molecular weight is 456 g/mol. The van der Waals surface area contributed by atoms with Gasteiger partial charge in [-0.05, 0) is 51.8 Å². The van der Waals surface area contributed by atoms with Crippen LogP contribution in [-0.4, -0.2) is 54.6 Å². The van der Waals surface area contributed by atoms with E-state index in [1.54, 1.807) is 26.0 Å². The SMILES string of the molecule is CCOC(=O)c1cccc(C)c1NC(=O)C(C)[N+](CC)(CC)CC(=O)OCc1ccccc1. The van der Waals surface area contributed by atoms with Gasteiger partial charge < -0.3 is 19.3 Å². The van der Waals surface area contributed by atoms with Crippen molar-refractivity contribution in [2.24, 2.45) is 0 Å². The predicted octanol–water partition coefficient (Wildman–Crippen LogP) is 4.10. The summed E-state index contributed by atoms with van der Waals surface area (Å²) in [6.07, 6.45) is 0. The van der Waals surface area contributed by atoms with E-state index in [9.17, 15) is 14.4 Å². The van der Waals surface area contributed by atoms with E-state index in [4.69, 9.17) is 9.47 Å². The lowest BCUT2D eigenvalue weighted by molar-refractivity contribution is -0.931. The Bertz CT molecular complexity index is 954. The Morgan fingerprint density at radius 3 is 2.21 bits per heavy atom. The maximum absolute atomic E-state index is 13.3. The quantitative estimate of drug-likeness (QED) is 0.408. The first kappa shape index (κ1) is 26.1. The standard InChI is InChI=1S/C26H34N2O5/c1-6-28(7-2,17-23(29)33-18-21-14-10-9-11-15-21)20(5)25(30)27-24-19(4)13-12-16-22(24)26(31)32-8-3/h9-16,20H,6-8,17-18H2,1-5H3/p+1. The van der Waals surface area contributed by atoms with Crippen LogP contribution in [0.3, 0.4) is 0 Å². The third kappa shape index (κ3) is 6.65. The topological polar surface area (TPSA) is 81.7 Å². The minimum Gasteiger partial charge on any atom is -0.462 e. The van der Waals surface area contributed by atoms with Crippen molar-refractivity contribution in [2.45, 2.75) is 47.3 Å². The molecule has 0 aliphatic heterocycles. The number of esters is 2. The number of quaternary nitrogens is 1. The Labute approximate surface area is 196 Å². The molecule has 0 fully saturated rings. The number of nitrogens with one attached hydrogen (secondary N) is 1. The molecule has 0 saturated heterocycles. The molecule has 178 valence electrons. The van der Waals surface area contributed by atoms with Crippen molar-refractivity contribution in [3.05, 3.63) is 65.2 Å². The van der Waals surface area contributed by atoms with Gasteiger partial charge in [-0.25, -0.2) is 9.59 Å². The molecule has 2 rings (SSSR count). The summed E-state index contributed by atoms with van der Waals surface area (Å²) in [5.41, 5.74) is 2.42. The molecular formula is C26H35N2O5+. The fraction of sp³-hybridized carbons (Fsp3) is 0.423. The van der Waals surface area contributed by atoms with Gasteiger partial charge in [0.1, 0.15) is 6.61 Å². The largest absolute Gasteiger partial charge is 0.462 e. The summed E-state index contributed by atoms with van der Waals surface area (Å²) in [7, 11) is 0. The Kier molecular flexibility index (Phi) is 9.60. The summed E-state index contributed by atoms with van der Waals surface area (Å²) in [6.45, 7) is 10.9. The van der Waals surface area contributed by atoms with E-state index in [-0.39, 0.29) is 36.1 Å². The molecule has 7 heteroatoms. The van der Waals surface area contributed by atoms with E-state index in [1.165, 1.54) is 0 Å². The minimum absolute atomic E-state index is 0.0763. The van der Waals surface area contributed by atoms with E-state index in [1.807, 2.05) is 57.2 Å². The summed E-state index contributed by atoms with van der Waals surface area (Å²) in [5.74, 6) is -1.11. The summed E-state index contributed by atoms with van der Waals surface area (Å²) < 4.78 is 10.9. The number of amides is 1. The van der Waals surface area contributed by atoms with Crippen LogP contribution >= 0.6 is 0 Å². The number of aryl methyl sites for hydroxylation is 1. The first-order valence-electron chi connectivity index (χ1n) is 11.4. The molecule has 0 radical (unpaired) electrons. The van der Waals surface area contributed by atoms with Crippen LogP contribution in [0.4, 0.5) is 5.69 Å². The summed E-state index contributed by atoms with van der Waals surface area (Å²) in [5, 5.41) is 2.92. The molecule has 2 aromatic rings. The van der Waals surface area contributed by atoms with Crippen molar-refractivity contribution in [1.29, 1.82) is 0 Å². The molecule has 0 heterocycles. The molecule has 0 saturated carbocycles. The number of rotatable bonds is 11. The van der Waals surface area contributed by atoms with Crippen molar-refractivity contribution in [3.8, 4) is 0 Å². The van der Waals surface area contributed by atoms with E-state index in [0.29, 0.717) is 24.3 Å². The lowest BCUT2D eigenvalue weighted by Crippen LogP contribution is -2.60. The molecule has 0 aromatic heterocycles. The molecule has 0 aliphatic carbocycles. The van der Waals surface area contributed by atoms with Crippen molar-refractivity contribution < 1.29 is 28.3 Å². The number of hydrogen-bond donors (Lipinski definition) is 1. The molecule has 0 spiro atoms. The lowest BCUT2D eigenvalue weighted by atomic mass is 10.1. The van der Waals surface area contributed by atoms with Crippen LogP contribution in [0.2, 0.25) is 0 Å². The maximum Gasteiger partial charge on any atom is 0.362 e. The predicted molar refractivity (Wildman–Crippen MR) is 128 cm³/mol. The molecular weight excluding hydrogens is 420 g/mol. The fourth-order valence-electron chi connectivity index (χ4n) is 3.86. The van der Waals surface area contributed by atoms with Gasteiger partial charge >= 0.3 is 11.9 Å². The number of anilines is 1. The second-order valence-corrected chi connectivity index (χ2v) is 8.04. The van der Waals surface area contributed by atoms with Crippen LogP contribution in [0.25, 0.3) is 0 Å². The van der Waals surface area contributed by atoms with Gasteiger partial charge in [0.25, 0.3) is 5.91 Å². The van der Waals surface area contributed by atoms with Gasteiger partial charge in [-0.1, -0.05) is 42.5 Å². The van der Waals surface area contributed by atoms with Crippen LogP contribution in [0.15, 0.2) is 48.5 Å². The molecule has 1 atom stereocenters. The highest BCUT2D eigenvalue weighted by Gasteiger charge is 2.39. The van der Waals surface area contributed by atoms with Gasteiger partial charge in [0.2, 0.25) is 0 Å². The number of ether oxygens (including phenoxy) is 2. The first-order chi connectivity index (χ1) is 15.8. The van der Waals surface area contributed by atoms with Crippen molar-refractivity contribution in [2.75, 3.05) is 31.6 Å². The second kappa shape index (κ2) is 12.2. The summed E-state index contributed by atoms with van der Waals surface area (Å²) >= 11 is 0. The van der Waals surface area contributed by atoms with Crippen molar-refractivity contribution in [3.63, 3.8) is 0 Å². The van der Waals surface area contributed by atoms with Gasteiger partial charge in [-0.3, -0.25) is 4.79 Å². The highest BCUT2D eigenvalue weighted by Crippen LogP contribution is 2.24. The van der Waals surface area contributed by atoms with Crippen molar-refractivity contribution in [1.82, 2.24) is 0 Å². The minimum atomic E-state index is -0.543. The monoisotopic (exact) mass is 455 g/mol. The number of hydrogen-bond acceptors (Lipinski definition) is 5. The van der Waals surface area contributed by atoms with Crippen LogP contribution < -0.4 is 5.32 Å². The Morgan fingerprint density at radius 1 is 0.939 bits per heavy atom. The van der Waals surface area contributed by atoms with Crippen LogP contribution in [-0.2, 0) is 25.7 Å². The number of likely N-dealkylation sites (N-methyl/N-ethyl adjacent to an activating group) is 1. The van der Waals surface area contributed by atoms with E-state index < -0.39 is 12.0 Å². The number of benzene rings is 2. The molecule has 1 amide bonds. The van der Waals surface area contributed by atoms with Gasteiger partial charge in [0, 0.05) is 0 Å². The Hall–Kier alpha value is -3.19. The zero-order chi connectivity index (χ0) is 24.4. The van der Waals surface area contributed by atoms with E-state index in [0.717, 1.165) is 11.1 Å². The highest BCUT2D eigenvalue weighted by molar-refractivity contribution is 6.03. The molecule has 1 unspecified atom stereocenters. The number of nitrogens with zero attached hydrogens (tertiary/aromatic N) is 1. The molecule has 0 bridgehead atoms. The average Bonchev–Trinajstić information content (AvgIpc) is 2.82. The van der Waals surface area contributed by atoms with Crippen LogP contribution in [0, 0.1) is 6.92 Å². The number of carbonyl (C=O) groups is 3. The number of para-hydroxylation sites is 1. The van der Waals surface area contributed by atoms with Crippen LogP contribution in [0.5, 0.6) is 0 Å². The van der Waals surface area contributed by atoms with Gasteiger partial charge in [-0.2, -0.15) is 0 Å². The molecule has 7 nitrogen and oxygen atoms in total. The smallest absolute Gasteiger partial charge is 0.362 e. The van der Waals surface area contributed by atoms with Crippen molar-refractivity contribution >= 4 is 23.5 Å². The Balaban J connectivity index is 2.16. The van der Waals surface area contributed by atoms with Gasteiger partial charge in [-0.15, -0.1) is 0 Å². The van der Waals surface area contributed by atoms with Gasteiger partial charge in [0.15, 0.2) is 12.6 Å². The van der Waals surface area contributed by atoms with E-state index in [2.05, 4.69) is 5.32 Å². The molecule has 2 aromatic carbocycles. The normalized spacial score (nSPS) is 12.0. The third-order valence-corrected chi connectivity index (χ3v) is 6.16. The summed E-state index contributed by atoms with van der Waals surface area (Å²) in [4.78, 5) is 38.3. The lowest BCUT2D eigenvalue weighted by Gasteiger charge is -2.40. The maximum atomic E-state index is 13.3. The molecule has 0 aliphatic rings. The molecule has 33 heavy (non-hydrogen) atoms. The third-order valence-electron chi connectivity index (χ3n) is 6.16. The fourth-order valence-corrected chi connectivity index (χ4v) is 3.86. The zero-order valence-corrected chi connectivity index (χ0v) is 20.2. The second-order valence-electron chi connectivity index (χ2n) is 8.04. The molecule has 1 N–H and O–H groups in total. The Morgan fingerprint density at radius 2 is 1.61 bits per heavy atom. The van der Waals surface area contributed by atoms with Gasteiger partial charge in [0.05, 0.1) is 30.9 Å². The summed E-state index contributed by atoms with van der Waals surface area (Å²) in [6, 6.07) is 14.2. The highest BCUT2D eigenvalue weighted by atomic mass is 16.5. The zero-order valence-electron chi connectivity index (χ0n) is 20.2. The first-order valence-corrected chi connectivity index (χ1v) is 11.4. The van der Waals surface area contributed by atoms with Crippen LogP contribution in [0.1, 0.15) is 49.2 Å². The number of carbonyl (C=O) groups excluding carboxylic acids is 3.